The highest BCUT2D eigenvalue weighted by Crippen LogP contribution is 1.94. The zero-order valence-electron chi connectivity index (χ0n) is 5.37. The number of hydrogen-bond acceptors (Lipinski definition) is 2. The summed E-state index contributed by atoms with van der Waals surface area (Å²) in [7, 11) is 0. The molecule has 0 aliphatic rings. The Bertz CT molecular complexity index is 208. The molecule has 0 amide bonds. The van der Waals surface area contributed by atoms with E-state index in [4.69, 9.17) is 11.6 Å². The molecule has 1 rings (SSSR count). The second-order valence-corrected chi connectivity index (χ2v) is 2.00. The molecule has 0 N–H and O–H groups in total. The van der Waals surface area contributed by atoms with Gasteiger partial charge in [0.1, 0.15) is 6.33 Å². The Morgan fingerprint density at radius 1 is 1.60 bits per heavy atom. The van der Waals surface area contributed by atoms with E-state index in [0.717, 1.165) is 5.69 Å². The lowest BCUT2D eigenvalue weighted by Crippen LogP contribution is -1.79. The lowest BCUT2D eigenvalue weighted by Gasteiger charge is -1.86. The molecule has 0 fully saturated rings. The molecule has 0 atom stereocenters. The van der Waals surface area contributed by atoms with Gasteiger partial charge in [0.05, 0.1) is 5.69 Å². The zero-order chi connectivity index (χ0) is 7.23. The molecule has 3 heteroatoms. The van der Waals surface area contributed by atoms with Crippen molar-refractivity contribution < 1.29 is 0 Å². The van der Waals surface area contributed by atoms with Gasteiger partial charge in [0, 0.05) is 12.1 Å². The van der Waals surface area contributed by atoms with Crippen molar-refractivity contribution in [1.82, 2.24) is 9.97 Å². The molecule has 10 heavy (non-hydrogen) atoms. The summed E-state index contributed by atoms with van der Waals surface area (Å²) in [6.07, 6.45) is 6.90. The van der Waals surface area contributed by atoms with Crippen LogP contribution in [0.25, 0.3) is 6.08 Å². The lowest BCUT2D eigenvalue weighted by molar-refractivity contribution is 1.15. The highest BCUT2D eigenvalue weighted by atomic mass is 35.5. The molecular formula is C7H7ClN2. The number of hydrogen-bond donors (Lipinski definition) is 0. The molecule has 2 nitrogen and oxygen atoms in total. The number of aromatic nitrogens is 2. The third-order valence-corrected chi connectivity index (χ3v) is 1.16. The van der Waals surface area contributed by atoms with Crippen LogP contribution >= 0.6 is 11.6 Å². The molecule has 0 aliphatic heterocycles. The summed E-state index contributed by atoms with van der Waals surface area (Å²) in [5.74, 6) is 0.518. The third kappa shape index (κ3) is 2.15. The van der Waals surface area contributed by atoms with E-state index in [1.807, 2.05) is 18.2 Å². The Hall–Kier alpha value is -0.890. The fraction of sp³-hybridized carbons (Fsp3) is 0.143. The molecule has 1 aromatic heterocycles. The average Bonchev–Trinajstić information content (AvgIpc) is 2.03. The van der Waals surface area contributed by atoms with Crippen LogP contribution in [0.3, 0.4) is 0 Å². The third-order valence-electron chi connectivity index (χ3n) is 0.983. The highest BCUT2D eigenvalue weighted by molar-refractivity contribution is 6.19. The Morgan fingerprint density at radius 2 is 2.50 bits per heavy atom. The molecule has 0 bridgehead atoms. The van der Waals surface area contributed by atoms with Crippen molar-refractivity contribution in [3.63, 3.8) is 0 Å². The van der Waals surface area contributed by atoms with Crippen LogP contribution in [0.4, 0.5) is 0 Å². The van der Waals surface area contributed by atoms with E-state index in [1.165, 1.54) is 6.33 Å². The van der Waals surface area contributed by atoms with Crippen LogP contribution < -0.4 is 0 Å². The zero-order valence-corrected chi connectivity index (χ0v) is 6.12. The first-order chi connectivity index (χ1) is 4.93. The first-order valence-corrected chi connectivity index (χ1v) is 3.45. The van der Waals surface area contributed by atoms with Gasteiger partial charge in [-0.15, -0.1) is 11.6 Å². The van der Waals surface area contributed by atoms with Crippen molar-refractivity contribution in [3.8, 4) is 0 Å². The monoisotopic (exact) mass is 154 g/mol. The Labute approximate surface area is 64.6 Å². The minimum atomic E-state index is 0.518. The largest absolute Gasteiger partial charge is 0.245 e. The predicted molar refractivity (Wildman–Crippen MR) is 41.8 cm³/mol. The van der Waals surface area contributed by atoms with Gasteiger partial charge in [-0.25, -0.2) is 9.97 Å². The van der Waals surface area contributed by atoms with Crippen LogP contribution in [0.1, 0.15) is 5.69 Å². The van der Waals surface area contributed by atoms with Gasteiger partial charge >= 0.3 is 0 Å². The van der Waals surface area contributed by atoms with E-state index in [1.54, 1.807) is 6.20 Å². The summed E-state index contributed by atoms with van der Waals surface area (Å²) in [5, 5.41) is 0. The second-order valence-electron chi connectivity index (χ2n) is 1.69. The summed E-state index contributed by atoms with van der Waals surface area (Å²) in [5.41, 5.74) is 0.885. The fourth-order valence-electron chi connectivity index (χ4n) is 0.565. The van der Waals surface area contributed by atoms with Crippen LogP contribution in [0.5, 0.6) is 0 Å². The molecule has 0 unspecified atom stereocenters. The number of alkyl halides is 1. The lowest BCUT2D eigenvalue weighted by atomic mass is 10.4. The van der Waals surface area contributed by atoms with Crippen LogP contribution in [0.2, 0.25) is 0 Å². The first kappa shape index (κ1) is 7.22. The normalized spacial score (nSPS) is 10.5. The predicted octanol–water partition coefficient (Wildman–Crippen LogP) is 1.73. The maximum Gasteiger partial charge on any atom is 0.115 e. The standard InChI is InChI=1S/C7H7ClN2/c8-4-1-2-7-3-5-9-6-10-7/h1-3,5-6H,4H2/b2-1+. The molecular weight excluding hydrogens is 148 g/mol. The molecule has 0 aliphatic carbocycles. The topological polar surface area (TPSA) is 25.8 Å². The van der Waals surface area contributed by atoms with Crippen molar-refractivity contribution >= 4 is 17.7 Å². The summed E-state index contributed by atoms with van der Waals surface area (Å²) >= 11 is 5.42. The molecule has 1 aromatic rings. The quantitative estimate of drug-likeness (QED) is 0.607. The van der Waals surface area contributed by atoms with E-state index < -0.39 is 0 Å². The fourth-order valence-corrected chi connectivity index (χ4v) is 0.654. The Balaban J connectivity index is 2.67. The molecule has 0 aromatic carbocycles. The van der Waals surface area contributed by atoms with Gasteiger partial charge in [0.25, 0.3) is 0 Å². The van der Waals surface area contributed by atoms with Gasteiger partial charge in [-0.2, -0.15) is 0 Å². The Morgan fingerprint density at radius 3 is 3.10 bits per heavy atom. The molecule has 52 valence electrons. The van der Waals surface area contributed by atoms with Gasteiger partial charge in [-0.1, -0.05) is 6.08 Å². The van der Waals surface area contributed by atoms with Gasteiger partial charge < -0.3 is 0 Å². The van der Waals surface area contributed by atoms with Gasteiger partial charge in [0.2, 0.25) is 0 Å². The van der Waals surface area contributed by atoms with E-state index >= 15 is 0 Å². The maximum absolute atomic E-state index is 5.42. The van der Waals surface area contributed by atoms with Crippen LogP contribution in [-0.4, -0.2) is 15.8 Å². The van der Waals surface area contributed by atoms with Crippen molar-refractivity contribution in [2.45, 2.75) is 0 Å². The van der Waals surface area contributed by atoms with E-state index in [0.29, 0.717) is 5.88 Å². The smallest absolute Gasteiger partial charge is 0.115 e. The minimum Gasteiger partial charge on any atom is -0.245 e. The average molecular weight is 155 g/mol. The summed E-state index contributed by atoms with van der Waals surface area (Å²) < 4.78 is 0. The van der Waals surface area contributed by atoms with Crippen molar-refractivity contribution in [2.24, 2.45) is 0 Å². The highest BCUT2D eigenvalue weighted by Gasteiger charge is 1.81. The first-order valence-electron chi connectivity index (χ1n) is 2.92. The molecule has 0 radical (unpaired) electrons. The Kier molecular flexibility index (Phi) is 2.90. The maximum atomic E-state index is 5.42. The number of halogens is 1. The molecule has 0 saturated heterocycles. The number of allylic oxidation sites excluding steroid dienone is 1. The second kappa shape index (κ2) is 4.01. The van der Waals surface area contributed by atoms with Gasteiger partial charge in [-0.3, -0.25) is 0 Å². The van der Waals surface area contributed by atoms with Crippen molar-refractivity contribution in [2.75, 3.05) is 5.88 Å². The van der Waals surface area contributed by atoms with Crippen molar-refractivity contribution in [3.05, 3.63) is 30.4 Å². The molecule has 1 heterocycles. The molecule has 0 saturated carbocycles. The molecule has 0 spiro atoms. The van der Waals surface area contributed by atoms with Crippen LogP contribution in [0.15, 0.2) is 24.7 Å². The van der Waals surface area contributed by atoms with E-state index in [-0.39, 0.29) is 0 Å². The van der Waals surface area contributed by atoms with E-state index in [9.17, 15) is 0 Å². The number of nitrogens with zero attached hydrogens (tertiary/aromatic N) is 2. The van der Waals surface area contributed by atoms with E-state index in [2.05, 4.69) is 9.97 Å². The van der Waals surface area contributed by atoms with Crippen LogP contribution in [-0.2, 0) is 0 Å². The SMILES string of the molecule is ClC/C=C/c1ccncn1. The summed E-state index contributed by atoms with van der Waals surface area (Å²) in [4.78, 5) is 7.74. The minimum absolute atomic E-state index is 0.518. The van der Waals surface area contributed by atoms with Gasteiger partial charge in [-0.05, 0) is 12.1 Å². The van der Waals surface area contributed by atoms with Crippen LogP contribution in [0, 0.1) is 0 Å². The summed E-state index contributed by atoms with van der Waals surface area (Å²) in [6, 6.07) is 1.82. The van der Waals surface area contributed by atoms with Crippen molar-refractivity contribution in [1.29, 1.82) is 0 Å². The number of rotatable bonds is 2. The van der Waals surface area contributed by atoms with Gasteiger partial charge in [0.15, 0.2) is 0 Å². The summed E-state index contributed by atoms with van der Waals surface area (Å²) in [6.45, 7) is 0.